The van der Waals surface area contributed by atoms with Gasteiger partial charge in [0.2, 0.25) is 0 Å². The van der Waals surface area contributed by atoms with Gasteiger partial charge in [-0.25, -0.2) is 0 Å². The Balaban J connectivity index is 0.00000144. The van der Waals surface area contributed by atoms with E-state index in [1.807, 2.05) is 24.3 Å². The molecule has 1 aromatic rings. The van der Waals surface area contributed by atoms with E-state index in [0.717, 1.165) is 25.2 Å². The number of nitriles is 1. The van der Waals surface area contributed by atoms with E-state index in [1.54, 1.807) is 0 Å². The summed E-state index contributed by atoms with van der Waals surface area (Å²) >= 11 is 0. The quantitative estimate of drug-likeness (QED) is 0.896. The predicted molar refractivity (Wildman–Crippen MR) is 78.4 cm³/mol. The number of piperidine rings is 1. The third-order valence-corrected chi connectivity index (χ3v) is 2.97. The zero-order valence-electron chi connectivity index (χ0n) is 10.2. The zero-order chi connectivity index (χ0) is 11.2. The monoisotopic (exact) mass is 287 g/mol. The molecule has 1 aliphatic heterocycles. The van der Waals surface area contributed by atoms with E-state index in [2.05, 4.69) is 16.7 Å². The van der Waals surface area contributed by atoms with Gasteiger partial charge in [-0.05, 0) is 37.1 Å². The van der Waals surface area contributed by atoms with Crippen molar-refractivity contribution >= 4 is 24.8 Å². The van der Waals surface area contributed by atoms with E-state index >= 15 is 0 Å². The van der Waals surface area contributed by atoms with Crippen molar-refractivity contribution in [3.05, 3.63) is 35.4 Å². The van der Waals surface area contributed by atoms with Crippen molar-refractivity contribution in [2.75, 3.05) is 13.1 Å². The van der Waals surface area contributed by atoms with Crippen molar-refractivity contribution in [3.63, 3.8) is 0 Å². The van der Waals surface area contributed by atoms with Crippen molar-refractivity contribution in [1.82, 2.24) is 10.6 Å². The minimum absolute atomic E-state index is 0. The lowest BCUT2D eigenvalue weighted by Gasteiger charge is -2.23. The highest BCUT2D eigenvalue weighted by Crippen LogP contribution is 2.06. The smallest absolute Gasteiger partial charge is 0.0991 e. The van der Waals surface area contributed by atoms with Crippen molar-refractivity contribution in [3.8, 4) is 6.07 Å². The van der Waals surface area contributed by atoms with Gasteiger partial charge in [0, 0.05) is 19.1 Å². The van der Waals surface area contributed by atoms with E-state index in [9.17, 15) is 0 Å². The summed E-state index contributed by atoms with van der Waals surface area (Å²) in [5, 5.41) is 15.6. The minimum Gasteiger partial charge on any atom is -0.315 e. The van der Waals surface area contributed by atoms with Crippen molar-refractivity contribution in [2.24, 2.45) is 0 Å². The molecular formula is C13H19Cl2N3. The molecule has 0 saturated carbocycles. The Kier molecular flexibility index (Phi) is 8.78. The van der Waals surface area contributed by atoms with E-state index in [-0.39, 0.29) is 24.8 Å². The van der Waals surface area contributed by atoms with Gasteiger partial charge in [0.15, 0.2) is 0 Å². The standard InChI is InChI=1S/C13H17N3.2ClH/c14-8-11-3-5-12(6-4-11)9-16-13-2-1-7-15-10-13;;/h3-6,13,15-16H,1-2,7,9-10H2;2*1H. The Morgan fingerprint density at radius 3 is 2.56 bits per heavy atom. The largest absolute Gasteiger partial charge is 0.315 e. The van der Waals surface area contributed by atoms with Crippen LogP contribution in [0.15, 0.2) is 24.3 Å². The lowest BCUT2D eigenvalue weighted by atomic mass is 10.1. The molecule has 2 N–H and O–H groups in total. The van der Waals surface area contributed by atoms with E-state index in [1.165, 1.54) is 18.4 Å². The van der Waals surface area contributed by atoms with Crippen LogP contribution in [0, 0.1) is 11.3 Å². The Morgan fingerprint density at radius 1 is 1.28 bits per heavy atom. The number of hydrogen-bond donors (Lipinski definition) is 2. The van der Waals surface area contributed by atoms with Gasteiger partial charge in [-0.2, -0.15) is 5.26 Å². The first-order valence-corrected chi connectivity index (χ1v) is 5.81. The Bertz CT molecular complexity index is 367. The fourth-order valence-electron chi connectivity index (χ4n) is 1.99. The second kappa shape index (κ2) is 9.18. The summed E-state index contributed by atoms with van der Waals surface area (Å²) in [6.45, 7) is 3.10. The molecule has 1 aliphatic rings. The fourth-order valence-corrected chi connectivity index (χ4v) is 1.99. The topological polar surface area (TPSA) is 47.9 Å². The number of nitrogens with zero attached hydrogens (tertiary/aromatic N) is 1. The molecule has 1 aromatic carbocycles. The highest BCUT2D eigenvalue weighted by atomic mass is 35.5. The number of benzene rings is 1. The summed E-state index contributed by atoms with van der Waals surface area (Å²) in [6, 6.07) is 10.5. The first-order chi connectivity index (χ1) is 7.88. The van der Waals surface area contributed by atoms with E-state index in [4.69, 9.17) is 5.26 Å². The molecule has 3 nitrogen and oxygen atoms in total. The van der Waals surface area contributed by atoms with Gasteiger partial charge in [-0.3, -0.25) is 0 Å². The van der Waals surface area contributed by atoms with Gasteiger partial charge in [0.05, 0.1) is 11.6 Å². The predicted octanol–water partition coefficient (Wildman–Crippen LogP) is 2.24. The Morgan fingerprint density at radius 2 is 2.00 bits per heavy atom. The third-order valence-electron chi connectivity index (χ3n) is 2.97. The first-order valence-electron chi connectivity index (χ1n) is 5.81. The van der Waals surface area contributed by atoms with Gasteiger partial charge in [0.25, 0.3) is 0 Å². The molecule has 5 heteroatoms. The minimum atomic E-state index is 0. The summed E-state index contributed by atoms with van der Waals surface area (Å²) in [5.74, 6) is 0. The van der Waals surface area contributed by atoms with Crippen molar-refractivity contribution < 1.29 is 0 Å². The molecule has 1 saturated heterocycles. The van der Waals surface area contributed by atoms with Crippen LogP contribution in [0.2, 0.25) is 0 Å². The summed E-state index contributed by atoms with van der Waals surface area (Å²) in [4.78, 5) is 0. The maximum absolute atomic E-state index is 8.69. The third kappa shape index (κ3) is 5.24. The maximum atomic E-state index is 8.69. The zero-order valence-corrected chi connectivity index (χ0v) is 11.8. The van der Waals surface area contributed by atoms with Crippen LogP contribution in [0.1, 0.15) is 24.0 Å². The fraction of sp³-hybridized carbons (Fsp3) is 0.462. The molecule has 0 aromatic heterocycles. The van der Waals surface area contributed by atoms with Crippen molar-refractivity contribution in [1.29, 1.82) is 5.26 Å². The lowest BCUT2D eigenvalue weighted by Crippen LogP contribution is -2.42. The average Bonchev–Trinajstić information content (AvgIpc) is 2.38. The van der Waals surface area contributed by atoms with Crippen LogP contribution < -0.4 is 10.6 Å². The molecule has 0 bridgehead atoms. The molecule has 0 radical (unpaired) electrons. The molecule has 0 amide bonds. The summed E-state index contributed by atoms with van der Waals surface area (Å²) < 4.78 is 0. The number of halogens is 2. The van der Waals surface area contributed by atoms with Gasteiger partial charge >= 0.3 is 0 Å². The van der Waals surface area contributed by atoms with Crippen molar-refractivity contribution in [2.45, 2.75) is 25.4 Å². The summed E-state index contributed by atoms with van der Waals surface area (Å²) in [7, 11) is 0. The van der Waals surface area contributed by atoms with Crippen LogP contribution >= 0.6 is 24.8 Å². The molecular weight excluding hydrogens is 269 g/mol. The normalized spacial score (nSPS) is 18.1. The molecule has 1 heterocycles. The molecule has 2 rings (SSSR count). The van der Waals surface area contributed by atoms with Gasteiger partial charge in [-0.15, -0.1) is 24.8 Å². The lowest BCUT2D eigenvalue weighted by molar-refractivity contribution is 0.389. The summed E-state index contributed by atoms with van der Waals surface area (Å²) in [5.41, 5.74) is 1.97. The average molecular weight is 288 g/mol. The Hall–Kier alpha value is -0.790. The highest BCUT2D eigenvalue weighted by molar-refractivity contribution is 5.85. The van der Waals surface area contributed by atoms with Gasteiger partial charge < -0.3 is 10.6 Å². The van der Waals surface area contributed by atoms with E-state index < -0.39 is 0 Å². The van der Waals surface area contributed by atoms with Gasteiger partial charge in [0.1, 0.15) is 0 Å². The molecule has 18 heavy (non-hydrogen) atoms. The first kappa shape index (κ1) is 17.2. The SMILES string of the molecule is Cl.Cl.N#Cc1ccc(CNC2CCCNC2)cc1. The second-order valence-electron chi connectivity index (χ2n) is 4.23. The highest BCUT2D eigenvalue weighted by Gasteiger charge is 2.11. The van der Waals surface area contributed by atoms with Crippen LogP contribution in [0.4, 0.5) is 0 Å². The second-order valence-corrected chi connectivity index (χ2v) is 4.23. The van der Waals surface area contributed by atoms with Gasteiger partial charge in [-0.1, -0.05) is 12.1 Å². The summed E-state index contributed by atoms with van der Waals surface area (Å²) in [6.07, 6.45) is 2.51. The van der Waals surface area contributed by atoms with Crippen LogP contribution in [0.5, 0.6) is 0 Å². The number of rotatable bonds is 3. The molecule has 1 fully saturated rings. The Labute approximate surface area is 121 Å². The van der Waals surface area contributed by atoms with Crippen LogP contribution in [0.3, 0.4) is 0 Å². The molecule has 0 aliphatic carbocycles. The van der Waals surface area contributed by atoms with Crippen LogP contribution in [0.25, 0.3) is 0 Å². The molecule has 0 spiro atoms. The van der Waals surface area contributed by atoms with E-state index in [0.29, 0.717) is 6.04 Å². The molecule has 100 valence electrons. The molecule has 1 atom stereocenters. The number of hydrogen-bond acceptors (Lipinski definition) is 3. The number of nitrogens with one attached hydrogen (secondary N) is 2. The maximum Gasteiger partial charge on any atom is 0.0991 e. The van der Waals surface area contributed by atoms with Crippen LogP contribution in [-0.2, 0) is 6.54 Å². The molecule has 1 unspecified atom stereocenters. The van der Waals surface area contributed by atoms with Crippen LogP contribution in [-0.4, -0.2) is 19.1 Å².